The Labute approximate surface area is 95.5 Å². The Kier molecular flexibility index (Phi) is 3.47. The molecule has 6 heteroatoms. The number of benzene rings is 1. The van der Waals surface area contributed by atoms with Crippen molar-refractivity contribution < 1.29 is 17.9 Å². The molecular formula is C8H5Br2F3O. The maximum atomic E-state index is 11.9. The molecule has 0 saturated heterocycles. The summed E-state index contributed by atoms with van der Waals surface area (Å²) < 4.78 is 40.6. The van der Waals surface area contributed by atoms with Crippen LogP contribution in [-0.4, -0.2) is 6.36 Å². The Balaban J connectivity index is 3.02. The van der Waals surface area contributed by atoms with Crippen LogP contribution in [0.3, 0.4) is 0 Å². The summed E-state index contributed by atoms with van der Waals surface area (Å²) in [4.78, 5) is 0. The monoisotopic (exact) mass is 332 g/mol. The topological polar surface area (TPSA) is 9.23 Å². The van der Waals surface area contributed by atoms with Gasteiger partial charge in [0.05, 0.1) is 0 Å². The number of hydrogen-bond acceptors (Lipinski definition) is 1. The molecule has 0 aliphatic carbocycles. The molecule has 0 amide bonds. The van der Waals surface area contributed by atoms with Crippen LogP contribution in [0.25, 0.3) is 0 Å². The van der Waals surface area contributed by atoms with Gasteiger partial charge in [0.15, 0.2) is 0 Å². The molecule has 0 N–H and O–H groups in total. The lowest BCUT2D eigenvalue weighted by Crippen LogP contribution is -2.17. The normalized spacial score (nSPS) is 11.6. The van der Waals surface area contributed by atoms with E-state index in [0.29, 0.717) is 14.5 Å². The molecule has 0 atom stereocenters. The van der Waals surface area contributed by atoms with E-state index in [1.165, 1.54) is 12.1 Å². The quantitative estimate of drug-likeness (QED) is 0.739. The molecule has 1 nitrogen and oxygen atoms in total. The van der Waals surface area contributed by atoms with Gasteiger partial charge in [-0.2, -0.15) is 0 Å². The van der Waals surface area contributed by atoms with Crippen LogP contribution < -0.4 is 4.74 Å². The van der Waals surface area contributed by atoms with Crippen LogP contribution in [0.15, 0.2) is 21.1 Å². The van der Waals surface area contributed by atoms with E-state index in [4.69, 9.17) is 0 Å². The molecule has 0 aliphatic rings. The van der Waals surface area contributed by atoms with Gasteiger partial charge in [-0.3, -0.25) is 0 Å². The van der Waals surface area contributed by atoms with Crippen molar-refractivity contribution in [1.29, 1.82) is 0 Å². The van der Waals surface area contributed by atoms with Crippen LogP contribution in [0.2, 0.25) is 0 Å². The SMILES string of the molecule is Cc1cc(OC(F)(F)F)cc(Br)c1Br. The highest BCUT2D eigenvalue weighted by Gasteiger charge is 2.31. The molecule has 1 rings (SSSR count). The highest BCUT2D eigenvalue weighted by molar-refractivity contribution is 9.13. The van der Waals surface area contributed by atoms with Crippen molar-refractivity contribution in [3.8, 4) is 5.75 Å². The van der Waals surface area contributed by atoms with Gasteiger partial charge in [-0.25, -0.2) is 0 Å². The van der Waals surface area contributed by atoms with E-state index in [9.17, 15) is 13.2 Å². The fraction of sp³-hybridized carbons (Fsp3) is 0.250. The van der Waals surface area contributed by atoms with Crippen LogP contribution in [0.4, 0.5) is 13.2 Å². The zero-order valence-electron chi connectivity index (χ0n) is 6.95. The van der Waals surface area contributed by atoms with E-state index in [0.717, 1.165) is 0 Å². The lowest BCUT2D eigenvalue weighted by molar-refractivity contribution is -0.274. The fourth-order valence-corrected chi connectivity index (χ4v) is 1.65. The van der Waals surface area contributed by atoms with Crippen LogP contribution in [0.5, 0.6) is 5.75 Å². The Hall–Kier alpha value is -0.230. The molecule has 1 aromatic rings. The third kappa shape index (κ3) is 3.16. The third-order valence-electron chi connectivity index (χ3n) is 1.42. The molecule has 78 valence electrons. The molecule has 0 heterocycles. The number of hydrogen-bond donors (Lipinski definition) is 0. The van der Waals surface area contributed by atoms with Crippen molar-refractivity contribution in [3.05, 3.63) is 26.6 Å². The maximum Gasteiger partial charge on any atom is 0.573 e. The first-order chi connectivity index (χ1) is 6.29. The molecule has 0 aromatic heterocycles. The van der Waals surface area contributed by atoms with E-state index in [1.807, 2.05) is 0 Å². The van der Waals surface area contributed by atoms with Gasteiger partial charge in [0.2, 0.25) is 0 Å². The zero-order valence-corrected chi connectivity index (χ0v) is 10.1. The Morgan fingerprint density at radius 2 is 1.79 bits per heavy atom. The highest BCUT2D eigenvalue weighted by atomic mass is 79.9. The molecule has 0 saturated carbocycles. The summed E-state index contributed by atoms with van der Waals surface area (Å²) in [5.74, 6) is -0.231. The van der Waals surface area contributed by atoms with E-state index < -0.39 is 6.36 Å². The van der Waals surface area contributed by atoms with E-state index in [1.54, 1.807) is 6.92 Å². The summed E-state index contributed by atoms with van der Waals surface area (Å²) in [6, 6.07) is 2.56. The van der Waals surface area contributed by atoms with Crippen molar-refractivity contribution in [3.63, 3.8) is 0 Å². The number of halogens is 5. The van der Waals surface area contributed by atoms with Crippen LogP contribution in [-0.2, 0) is 0 Å². The molecule has 14 heavy (non-hydrogen) atoms. The highest BCUT2D eigenvalue weighted by Crippen LogP contribution is 2.33. The minimum Gasteiger partial charge on any atom is -0.406 e. The lowest BCUT2D eigenvalue weighted by Gasteiger charge is -2.10. The molecule has 1 aromatic carbocycles. The second-order valence-electron chi connectivity index (χ2n) is 2.58. The van der Waals surface area contributed by atoms with Crippen LogP contribution in [0, 0.1) is 6.92 Å². The van der Waals surface area contributed by atoms with Crippen molar-refractivity contribution in [2.75, 3.05) is 0 Å². The average Bonchev–Trinajstić information content (AvgIpc) is 1.96. The second-order valence-corrected chi connectivity index (χ2v) is 4.23. The van der Waals surface area contributed by atoms with Gasteiger partial charge in [0, 0.05) is 8.95 Å². The van der Waals surface area contributed by atoms with E-state index in [2.05, 4.69) is 36.6 Å². The standard InChI is InChI=1S/C8H5Br2F3O/c1-4-2-5(14-8(11,12)13)3-6(9)7(4)10/h2-3H,1H3. The summed E-state index contributed by atoms with van der Waals surface area (Å²) >= 11 is 6.32. The predicted molar refractivity (Wildman–Crippen MR) is 53.3 cm³/mol. The van der Waals surface area contributed by atoms with Crippen LogP contribution >= 0.6 is 31.9 Å². The van der Waals surface area contributed by atoms with Crippen molar-refractivity contribution in [2.45, 2.75) is 13.3 Å². The lowest BCUT2D eigenvalue weighted by atomic mass is 10.2. The third-order valence-corrected chi connectivity index (χ3v) is 3.63. The summed E-state index contributed by atoms with van der Waals surface area (Å²) in [6.45, 7) is 1.68. The number of aryl methyl sites for hydroxylation is 1. The van der Waals surface area contributed by atoms with E-state index >= 15 is 0 Å². The van der Waals surface area contributed by atoms with Crippen molar-refractivity contribution in [2.24, 2.45) is 0 Å². The number of ether oxygens (including phenoxy) is 1. The van der Waals surface area contributed by atoms with Gasteiger partial charge in [-0.05, 0) is 56.5 Å². The second kappa shape index (κ2) is 4.10. The summed E-state index contributed by atoms with van der Waals surface area (Å²) in [7, 11) is 0. The molecule has 0 fully saturated rings. The van der Waals surface area contributed by atoms with Crippen molar-refractivity contribution >= 4 is 31.9 Å². The van der Waals surface area contributed by atoms with Crippen molar-refractivity contribution in [1.82, 2.24) is 0 Å². The first-order valence-electron chi connectivity index (χ1n) is 3.51. The summed E-state index contributed by atoms with van der Waals surface area (Å²) in [5.41, 5.74) is 0.665. The first kappa shape index (κ1) is 11.8. The minimum atomic E-state index is -4.65. The Bertz CT molecular complexity index is 326. The van der Waals surface area contributed by atoms with Crippen LogP contribution in [0.1, 0.15) is 5.56 Å². The van der Waals surface area contributed by atoms with Gasteiger partial charge in [-0.1, -0.05) is 0 Å². The van der Waals surface area contributed by atoms with Gasteiger partial charge in [0.1, 0.15) is 5.75 Å². The number of rotatable bonds is 1. The molecule has 0 spiro atoms. The van der Waals surface area contributed by atoms with Gasteiger partial charge >= 0.3 is 6.36 Å². The Morgan fingerprint density at radius 3 is 2.21 bits per heavy atom. The molecule has 0 bridgehead atoms. The summed E-state index contributed by atoms with van der Waals surface area (Å²) in [5, 5.41) is 0. The maximum absolute atomic E-state index is 11.9. The predicted octanol–water partition coefficient (Wildman–Crippen LogP) is 4.42. The zero-order chi connectivity index (χ0) is 10.9. The van der Waals surface area contributed by atoms with Gasteiger partial charge in [-0.15, -0.1) is 13.2 Å². The molecule has 0 radical (unpaired) electrons. The largest absolute Gasteiger partial charge is 0.573 e. The Morgan fingerprint density at radius 1 is 1.21 bits per heavy atom. The van der Waals surface area contributed by atoms with E-state index in [-0.39, 0.29) is 5.75 Å². The molecule has 0 unspecified atom stereocenters. The summed E-state index contributed by atoms with van der Waals surface area (Å²) in [6.07, 6.45) is -4.65. The van der Waals surface area contributed by atoms with Gasteiger partial charge in [0.25, 0.3) is 0 Å². The first-order valence-corrected chi connectivity index (χ1v) is 5.09. The molecular weight excluding hydrogens is 329 g/mol. The smallest absolute Gasteiger partial charge is 0.406 e. The van der Waals surface area contributed by atoms with Gasteiger partial charge < -0.3 is 4.74 Å². The average molecular weight is 334 g/mol. The minimum absolute atomic E-state index is 0.231. The fourth-order valence-electron chi connectivity index (χ4n) is 0.888. The number of alkyl halides is 3. The molecule has 0 aliphatic heterocycles.